The summed E-state index contributed by atoms with van der Waals surface area (Å²) in [6.45, 7) is 0. The first-order valence-corrected chi connectivity index (χ1v) is 5.43. The second-order valence-corrected chi connectivity index (χ2v) is 3.90. The molecule has 0 bridgehead atoms. The lowest BCUT2D eigenvalue weighted by Crippen LogP contribution is -2.19. The number of rotatable bonds is 3. The Balaban J connectivity index is 2.20. The third-order valence-corrected chi connectivity index (χ3v) is 2.45. The summed E-state index contributed by atoms with van der Waals surface area (Å²) in [5.74, 6) is -0.446. The van der Waals surface area contributed by atoms with Gasteiger partial charge in [-0.3, -0.25) is 9.89 Å². The molecule has 2 aromatic rings. The average Bonchev–Trinajstić information content (AvgIpc) is 2.86. The lowest BCUT2D eigenvalue weighted by atomic mass is 10.3. The molecule has 0 saturated heterocycles. The number of amidine groups is 1. The van der Waals surface area contributed by atoms with Crippen LogP contribution in [-0.4, -0.2) is 32.1 Å². The van der Waals surface area contributed by atoms with Crippen molar-refractivity contribution in [2.75, 3.05) is 5.32 Å². The van der Waals surface area contributed by atoms with Gasteiger partial charge in [-0.1, -0.05) is 16.8 Å². The van der Waals surface area contributed by atoms with E-state index in [1.807, 2.05) is 0 Å². The molecule has 0 unspecified atom stereocenters. The number of oxime groups is 1. The number of anilines is 1. The quantitative estimate of drug-likeness (QED) is 0.286. The van der Waals surface area contributed by atoms with Gasteiger partial charge in [-0.2, -0.15) is 5.10 Å². The molecular formula is C10H9ClN6O2. The van der Waals surface area contributed by atoms with Gasteiger partial charge in [-0.25, -0.2) is 4.98 Å². The molecule has 19 heavy (non-hydrogen) atoms. The van der Waals surface area contributed by atoms with E-state index in [1.54, 1.807) is 6.07 Å². The second kappa shape index (κ2) is 5.36. The summed E-state index contributed by atoms with van der Waals surface area (Å²) in [7, 11) is 0. The number of hydrogen-bond acceptors (Lipinski definition) is 5. The molecular weight excluding hydrogens is 272 g/mol. The molecule has 2 heterocycles. The van der Waals surface area contributed by atoms with E-state index in [1.165, 1.54) is 18.5 Å². The maximum Gasteiger partial charge on any atom is 0.275 e. The van der Waals surface area contributed by atoms with Crippen LogP contribution >= 0.6 is 11.6 Å². The van der Waals surface area contributed by atoms with Gasteiger partial charge in [0, 0.05) is 6.20 Å². The largest absolute Gasteiger partial charge is 0.409 e. The summed E-state index contributed by atoms with van der Waals surface area (Å²) in [5.41, 5.74) is 5.87. The zero-order chi connectivity index (χ0) is 13.8. The monoisotopic (exact) mass is 280 g/mol. The molecule has 2 rings (SSSR count). The van der Waals surface area contributed by atoms with Crippen molar-refractivity contribution >= 4 is 29.2 Å². The lowest BCUT2D eigenvalue weighted by Gasteiger charge is -2.04. The number of aromatic amines is 1. The number of carbonyl (C=O) groups is 1. The van der Waals surface area contributed by atoms with Crippen LogP contribution in [0.4, 0.5) is 5.82 Å². The summed E-state index contributed by atoms with van der Waals surface area (Å²) in [6.07, 6.45) is 2.67. The number of aromatic nitrogens is 3. The van der Waals surface area contributed by atoms with E-state index in [-0.39, 0.29) is 22.9 Å². The summed E-state index contributed by atoms with van der Waals surface area (Å²) >= 11 is 5.67. The fraction of sp³-hybridized carbons (Fsp3) is 0. The fourth-order valence-electron chi connectivity index (χ4n) is 1.32. The van der Waals surface area contributed by atoms with Crippen LogP contribution in [0, 0.1) is 0 Å². The van der Waals surface area contributed by atoms with Crippen LogP contribution in [0.15, 0.2) is 29.7 Å². The highest BCUT2D eigenvalue weighted by Gasteiger charge is 2.14. The van der Waals surface area contributed by atoms with Gasteiger partial charge in [0.15, 0.2) is 5.84 Å². The van der Waals surface area contributed by atoms with E-state index in [4.69, 9.17) is 22.5 Å². The van der Waals surface area contributed by atoms with Crippen molar-refractivity contribution in [2.24, 2.45) is 10.9 Å². The van der Waals surface area contributed by atoms with E-state index in [2.05, 4.69) is 25.7 Å². The summed E-state index contributed by atoms with van der Waals surface area (Å²) < 4.78 is 0. The van der Waals surface area contributed by atoms with Crippen LogP contribution in [0.5, 0.6) is 0 Å². The van der Waals surface area contributed by atoms with Gasteiger partial charge >= 0.3 is 0 Å². The molecule has 0 atom stereocenters. The van der Waals surface area contributed by atoms with Crippen LogP contribution in [0.2, 0.25) is 5.02 Å². The molecule has 0 spiro atoms. The average molecular weight is 281 g/mol. The van der Waals surface area contributed by atoms with E-state index >= 15 is 0 Å². The van der Waals surface area contributed by atoms with Gasteiger partial charge in [-0.15, -0.1) is 0 Å². The predicted molar refractivity (Wildman–Crippen MR) is 68.3 cm³/mol. The lowest BCUT2D eigenvalue weighted by molar-refractivity contribution is 0.102. The first kappa shape index (κ1) is 12.8. The Morgan fingerprint density at radius 2 is 2.26 bits per heavy atom. The fourth-order valence-corrected chi connectivity index (χ4v) is 1.43. The molecule has 5 N–H and O–H groups in total. The Kier molecular flexibility index (Phi) is 3.62. The molecule has 0 aliphatic rings. The van der Waals surface area contributed by atoms with Gasteiger partial charge in [0.2, 0.25) is 0 Å². The van der Waals surface area contributed by atoms with Crippen molar-refractivity contribution in [3.63, 3.8) is 0 Å². The second-order valence-electron chi connectivity index (χ2n) is 3.46. The number of amides is 1. The molecule has 0 fully saturated rings. The van der Waals surface area contributed by atoms with E-state index in [0.717, 1.165) is 0 Å². The Morgan fingerprint density at radius 3 is 2.89 bits per heavy atom. The topological polar surface area (TPSA) is 129 Å². The maximum atomic E-state index is 11.9. The highest BCUT2D eigenvalue weighted by atomic mass is 35.5. The highest BCUT2D eigenvalue weighted by Crippen LogP contribution is 2.12. The molecule has 1 amide bonds. The van der Waals surface area contributed by atoms with Crippen molar-refractivity contribution in [2.45, 2.75) is 0 Å². The van der Waals surface area contributed by atoms with Gasteiger partial charge < -0.3 is 16.3 Å². The van der Waals surface area contributed by atoms with Crippen LogP contribution in [0.1, 0.15) is 16.1 Å². The first-order valence-electron chi connectivity index (χ1n) is 5.06. The Labute approximate surface area is 112 Å². The molecule has 0 aromatic carbocycles. The van der Waals surface area contributed by atoms with Crippen molar-refractivity contribution in [3.05, 3.63) is 40.8 Å². The summed E-state index contributed by atoms with van der Waals surface area (Å²) in [5, 5.41) is 20.6. The minimum atomic E-state index is -0.479. The summed E-state index contributed by atoms with van der Waals surface area (Å²) in [6, 6.07) is 3.01. The normalized spacial score (nSPS) is 11.3. The highest BCUT2D eigenvalue weighted by molar-refractivity contribution is 6.30. The minimum absolute atomic E-state index is 0.171. The number of nitrogens with zero attached hydrogens (tertiary/aromatic N) is 3. The minimum Gasteiger partial charge on any atom is -0.409 e. The third kappa shape index (κ3) is 2.80. The van der Waals surface area contributed by atoms with Crippen molar-refractivity contribution < 1.29 is 10.0 Å². The number of halogens is 1. The van der Waals surface area contributed by atoms with E-state index in [0.29, 0.717) is 5.02 Å². The Hall–Kier alpha value is -2.61. The number of H-pyrrole nitrogens is 1. The Bertz CT molecular complexity index is 621. The van der Waals surface area contributed by atoms with Crippen molar-refractivity contribution in [3.8, 4) is 0 Å². The van der Waals surface area contributed by atoms with Crippen LogP contribution in [0.3, 0.4) is 0 Å². The third-order valence-electron chi connectivity index (χ3n) is 2.22. The van der Waals surface area contributed by atoms with Crippen molar-refractivity contribution in [1.82, 2.24) is 15.2 Å². The smallest absolute Gasteiger partial charge is 0.275 e. The van der Waals surface area contributed by atoms with Gasteiger partial charge in [-0.05, 0) is 12.1 Å². The van der Waals surface area contributed by atoms with Crippen LogP contribution < -0.4 is 11.1 Å². The molecule has 9 heteroatoms. The zero-order valence-corrected chi connectivity index (χ0v) is 10.2. The van der Waals surface area contributed by atoms with Gasteiger partial charge in [0.1, 0.15) is 11.5 Å². The first-order chi connectivity index (χ1) is 9.11. The molecule has 8 nitrogen and oxygen atoms in total. The zero-order valence-electron chi connectivity index (χ0n) is 9.46. The molecule has 0 aliphatic carbocycles. The van der Waals surface area contributed by atoms with E-state index in [9.17, 15) is 4.79 Å². The summed E-state index contributed by atoms with van der Waals surface area (Å²) in [4.78, 5) is 15.7. The van der Waals surface area contributed by atoms with Crippen molar-refractivity contribution in [1.29, 1.82) is 0 Å². The number of hydrogen-bond donors (Lipinski definition) is 4. The van der Waals surface area contributed by atoms with Crippen LogP contribution in [0.25, 0.3) is 0 Å². The predicted octanol–water partition coefficient (Wildman–Crippen LogP) is 0.805. The number of pyridine rings is 1. The van der Waals surface area contributed by atoms with Gasteiger partial charge in [0.25, 0.3) is 5.91 Å². The number of nitrogens with two attached hydrogens (primary N) is 1. The number of carbonyl (C=O) groups excluding carboxylic acids is 1. The maximum absolute atomic E-state index is 11.9. The van der Waals surface area contributed by atoms with E-state index < -0.39 is 5.91 Å². The molecule has 2 aromatic heterocycles. The van der Waals surface area contributed by atoms with Gasteiger partial charge in [0.05, 0.1) is 16.8 Å². The molecule has 98 valence electrons. The Morgan fingerprint density at radius 1 is 1.47 bits per heavy atom. The standard InChI is InChI=1S/C10H9ClN6O2/c11-5-1-2-7(13-3-5)10(18)15-9-6(4-14-16-9)8(12)17-19/h1-4,19H,(H2,12,17)(H2,14,15,16,18). The van der Waals surface area contributed by atoms with Crippen LogP contribution in [-0.2, 0) is 0 Å². The molecule has 0 aliphatic heterocycles. The number of nitrogens with one attached hydrogen (secondary N) is 2. The SMILES string of the molecule is NC(=NO)c1cn[nH]c1NC(=O)c1ccc(Cl)cn1. The molecule has 0 radical (unpaired) electrons. The molecule has 0 saturated carbocycles.